The minimum absolute atomic E-state index is 0.0540. The van der Waals surface area contributed by atoms with Crippen LogP contribution in [0.2, 0.25) is 0 Å². The summed E-state index contributed by atoms with van der Waals surface area (Å²) in [6.07, 6.45) is 0.736. The topological polar surface area (TPSA) is 78.4 Å². The molecule has 0 aliphatic carbocycles. The van der Waals surface area contributed by atoms with E-state index < -0.39 is 5.97 Å². The Morgan fingerprint density at radius 1 is 1.25 bits per heavy atom. The number of hydrogen-bond donors (Lipinski definition) is 3. The number of carboxylic acid groups (broad SMARTS) is 1. The lowest BCUT2D eigenvalue weighted by molar-refractivity contribution is -0.137. The molecule has 1 rings (SSSR count). The van der Waals surface area contributed by atoms with Gasteiger partial charge >= 0.3 is 12.0 Å². The van der Waals surface area contributed by atoms with Crippen LogP contribution >= 0.6 is 0 Å². The summed E-state index contributed by atoms with van der Waals surface area (Å²) in [6, 6.07) is 6.80. The third-order valence-electron chi connectivity index (χ3n) is 3.16. The molecule has 0 aromatic heterocycles. The molecule has 1 aromatic rings. The number of benzene rings is 1. The standard InChI is InChI=1S/C15H22N2O3/c1-4-11-7-5-6-8-12(11)16-15(20)17-13(10(2)3)9-14(18)19/h5-8,10,13H,4,9H2,1-3H3,(H,18,19)(H2,16,17,20). The molecule has 5 nitrogen and oxygen atoms in total. The van der Waals surface area contributed by atoms with Crippen LogP contribution in [0.5, 0.6) is 0 Å². The van der Waals surface area contributed by atoms with Crippen molar-refractivity contribution >= 4 is 17.7 Å². The molecule has 2 amide bonds. The number of nitrogens with one attached hydrogen (secondary N) is 2. The number of urea groups is 1. The summed E-state index contributed by atoms with van der Waals surface area (Å²) in [5.41, 5.74) is 1.80. The summed E-state index contributed by atoms with van der Waals surface area (Å²) >= 11 is 0. The number of amides is 2. The zero-order valence-corrected chi connectivity index (χ0v) is 12.1. The molecule has 0 bridgehead atoms. The average Bonchev–Trinajstić information content (AvgIpc) is 2.37. The van der Waals surface area contributed by atoms with Crippen LogP contribution in [0.4, 0.5) is 10.5 Å². The largest absolute Gasteiger partial charge is 0.481 e. The van der Waals surface area contributed by atoms with Crippen LogP contribution in [0, 0.1) is 5.92 Å². The van der Waals surface area contributed by atoms with Crippen molar-refractivity contribution in [1.82, 2.24) is 5.32 Å². The molecule has 0 aliphatic rings. The molecule has 0 heterocycles. The number of anilines is 1. The molecule has 0 spiro atoms. The van der Waals surface area contributed by atoms with Crippen LogP contribution in [0.15, 0.2) is 24.3 Å². The van der Waals surface area contributed by atoms with Crippen LogP contribution in [0.25, 0.3) is 0 Å². The number of rotatable bonds is 6. The summed E-state index contributed by atoms with van der Waals surface area (Å²) in [7, 11) is 0. The van der Waals surface area contributed by atoms with Crippen molar-refractivity contribution in [3.05, 3.63) is 29.8 Å². The molecular weight excluding hydrogens is 256 g/mol. The highest BCUT2D eigenvalue weighted by Gasteiger charge is 2.19. The van der Waals surface area contributed by atoms with Crippen LogP contribution in [-0.4, -0.2) is 23.1 Å². The van der Waals surface area contributed by atoms with Crippen molar-refractivity contribution in [2.45, 2.75) is 39.7 Å². The highest BCUT2D eigenvalue weighted by atomic mass is 16.4. The van der Waals surface area contributed by atoms with Gasteiger partial charge in [-0.2, -0.15) is 0 Å². The summed E-state index contributed by atoms with van der Waals surface area (Å²) in [5, 5.41) is 14.3. The Hall–Kier alpha value is -2.04. The van der Waals surface area contributed by atoms with Gasteiger partial charge in [0.1, 0.15) is 0 Å². The molecule has 0 radical (unpaired) electrons. The predicted molar refractivity (Wildman–Crippen MR) is 78.9 cm³/mol. The number of carbonyl (C=O) groups is 2. The summed E-state index contributed by atoms with van der Waals surface area (Å²) < 4.78 is 0. The third kappa shape index (κ3) is 4.91. The fourth-order valence-corrected chi connectivity index (χ4v) is 1.92. The van der Waals surface area contributed by atoms with Crippen molar-refractivity contribution in [3.8, 4) is 0 Å². The Labute approximate surface area is 119 Å². The van der Waals surface area contributed by atoms with Gasteiger partial charge < -0.3 is 15.7 Å². The van der Waals surface area contributed by atoms with E-state index in [1.807, 2.05) is 45.0 Å². The van der Waals surface area contributed by atoms with Crippen molar-refractivity contribution in [3.63, 3.8) is 0 Å². The first-order valence-corrected chi connectivity index (χ1v) is 6.81. The number of aryl methyl sites for hydroxylation is 1. The SMILES string of the molecule is CCc1ccccc1NC(=O)NC(CC(=O)O)C(C)C. The second-order valence-corrected chi connectivity index (χ2v) is 5.06. The Balaban J connectivity index is 2.68. The number of para-hydroxylation sites is 1. The molecule has 0 fully saturated rings. The van der Waals surface area contributed by atoms with E-state index in [-0.39, 0.29) is 24.4 Å². The van der Waals surface area contributed by atoms with E-state index in [0.29, 0.717) is 0 Å². The first kappa shape index (κ1) is 16.0. The summed E-state index contributed by atoms with van der Waals surface area (Å²) in [5.74, 6) is -0.865. The molecule has 1 aromatic carbocycles. The van der Waals surface area contributed by atoms with Crippen LogP contribution in [0.3, 0.4) is 0 Å². The molecule has 20 heavy (non-hydrogen) atoms. The molecule has 1 unspecified atom stereocenters. The predicted octanol–water partition coefficient (Wildman–Crippen LogP) is 2.87. The van der Waals surface area contributed by atoms with E-state index in [1.165, 1.54) is 0 Å². The normalized spacial score (nSPS) is 12.0. The lowest BCUT2D eigenvalue weighted by Gasteiger charge is -2.21. The Morgan fingerprint density at radius 3 is 2.45 bits per heavy atom. The zero-order valence-electron chi connectivity index (χ0n) is 12.1. The monoisotopic (exact) mass is 278 g/mol. The van der Waals surface area contributed by atoms with Crippen molar-refractivity contribution < 1.29 is 14.7 Å². The maximum absolute atomic E-state index is 12.0. The maximum atomic E-state index is 12.0. The van der Waals surface area contributed by atoms with Crippen LogP contribution in [0.1, 0.15) is 32.8 Å². The van der Waals surface area contributed by atoms with Gasteiger partial charge in [0.15, 0.2) is 0 Å². The van der Waals surface area contributed by atoms with Crippen molar-refractivity contribution in [1.29, 1.82) is 0 Å². The van der Waals surface area contributed by atoms with Gasteiger partial charge in [0, 0.05) is 11.7 Å². The number of aliphatic carboxylic acids is 1. The summed E-state index contributed by atoms with van der Waals surface area (Å²) in [6.45, 7) is 5.78. The highest BCUT2D eigenvalue weighted by Crippen LogP contribution is 2.15. The molecule has 0 saturated carbocycles. The number of carboxylic acids is 1. The molecular formula is C15H22N2O3. The van der Waals surface area contributed by atoms with Gasteiger partial charge in [0.05, 0.1) is 6.42 Å². The molecule has 0 saturated heterocycles. The average molecular weight is 278 g/mol. The Bertz CT molecular complexity index is 472. The van der Waals surface area contributed by atoms with Crippen molar-refractivity contribution in [2.24, 2.45) is 5.92 Å². The molecule has 0 aliphatic heterocycles. The third-order valence-corrected chi connectivity index (χ3v) is 3.16. The van der Waals surface area contributed by atoms with Gasteiger partial charge in [-0.15, -0.1) is 0 Å². The summed E-state index contributed by atoms with van der Waals surface area (Å²) in [4.78, 5) is 22.7. The molecule has 3 N–H and O–H groups in total. The number of hydrogen-bond acceptors (Lipinski definition) is 2. The maximum Gasteiger partial charge on any atom is 0.319 e. The zero-order chi connectivity index (χ0) is 15.1. The van der Waals surface area contributed by atoms with Gasteiger partial charge in [0.2, 0.25) is 0 Å². The first-order chi connectivity index (χ1) is 9.43. The van der Waals surface area contributed by atoms with E-state index in [2.05, 4.69) is 10.6 Å². The van der Waals surface area contributed by atoms with Gasteiger partial charge in [-0.3, -0.25) is 4.79 Å². The van der Waals surface area contributed by atoms with Gasteiger partial charge in [0.25, 0.3) is 0 Å². The lowest BCUT2D eigenvalue weighted by Crippen LogP contribution is -2.42. The second-order valence-electron chi connectivity index (χ2n) is 5.06. The van der Waals surface area contributed by atoms with Crippen LogP contribution in [-0.2, 0) is 11.2 Å². The quantitative estimate of drug-likeness (QED) is 0.748. The van der Waals surface area contributed by atoms with Gasteiger partial charge in [-0.1, -0.05) is 39.0 Å². The molecule has 110 valence electrons. The number of carbonyl (C=O) groups excluding carboxylic acids is 1. The molecule has 5 heteroatoms. The fraction of sp³-hybridized carbons (Fsp3) is 0.467. The van der Waals surface area contributed by atoms with E-state index in [0.717, 1.165) is 17.7 Å². The fourth-order valence-electron chi connectivity index (χ4n) is 1.92. The van der Waals surface area contributed by atoms with Crippen LogP contribution < -0.4 is 10.6 Å². The minimum Gasteiger partial charge on any atom is -0.481 e. The van der Waals surface area contributed by atoms with E-state index in [4.69, 9.17) is 5.11 Å². The van der Waals surface area contributed by atoms with E-state index >= 15 is 0 Å². The highest BCUT2D eigenvalue weighted by molar-refractivity contribution is 5.90. The minimum atomic E-state index is -0.919. The smallest absolute Gasteiger partial charge is 0.319 e. The van der Waals surface area contributed by atoms with Gasteiger partial charge in [-0.25, -0.2) is 4.79 Å². The Kier molecular flexibility index (Phi) is 6.03. The lowest BCUT2D eigenvalue weighted by atomic mass is 10.0. The van der Waals surface area contributed by atoms with Crippen molar-refractivity contribution in [2.75, 3.05) is 5.32 Å². The van der Waals surface area contributed by atoms with E-state index in [9.17, 15) is 9.59 Å². The first-order valence-electron chi connectivity index (χ1n) is 6.81. The Morgan fingerprint density at radius 2 is 1.90 bits per heavy atom. The molecule has 1 atom stereocenters. The van der Waals surface area contributed by atoms with E-state index in [1.54, 1.807) is 0 Å². The van der Waals surface area contributed by atoms with Gasteiger partial charge in [-0.05, 0) is 24.0 Å². The second kappa shape index (κ2) is 7.53.